The predicted molar refractivity (Wildman–Crippen MR) is 60.4 cm³/mol. The third-order valence-corrected chi connectivity index (χ3v) is 4.59. The highest BCUT2D eigenvalue weighted by molar-refractivity contribution is 7.89. The molecule has 0 aliphatic heterocycles. The maximum atomic E-state index is 11.8. The lowest BCUT2D eigenvalue weighted by Gasteiger charge is -2.23. The van der Waals surface area contributed by atoms with E-state index in [4.69, 9.17) is 0 Å². The van der Waals surface area contributed by atoms with Gasteiger partial charge in [0, 0.05) is 6.54 Å². The fourth-order valence-corrected chi connectivity index (χ4v) is 3.24. The molecule has 6 heteroatoms. The molecule has 90 valence electrons. The second-order valence-corrected chi connectivity index (χ2v) is 6.49. The van der Waals surface area contributed by atoms with E-state index < -0.39 is 10.0 Å². The van der Waals surface area contributed by atoms with Crippen LogP contribution in [0.1, 0.15) is 32.6 Å². The third-order valence-electron chi connectivity index (χ3n) is 3.26. The van der Waals surface area contributed by atoms with E-state index >= 15 is 0 Å². The van der Waals surface area contributed by atoms with Crippen molar-refractivity contribution >= 4 is 10.0 Å². The van der Waals surface area contributed by atoms with Crippen LogP contribution in [0, 0.1) is 5.41 Å². The van der Waals surface area contributed by atoms with Crippen molar-refractivity contribution in [2.24, 2.45) is 5.41 Å². The fraction of sp³-hybridized carbons (Fsp3) is 0.700. The lowest BCUT2D eigenvalue weighted by Crippen LogP contribution is -2.34. The normalized spacial score (nSPS) is 20.1. The summed E-state index contributed by atoms with van der Waals surface area (Å²) in [6.07, 6.45) is 7.27. The van der Waals surface area contributed by atoms with Gasteiger partial charge in [0.2, 0.25) is 0 Å². The van der Waals surface area contributed by atoms with Crippen molar-refractivity contribution in [3.8, 4) is 0 Å². The summed E-state index contributed by atoms with van der Waals surface area (Å²) in [6.45, 7) is 2.64. The van der Waals surface area contributed by atoms with Crippen LogP contribution in [0.3, 0.4) is 0 Å². The molecular weight excluding hydrogens is 226 g/mol. The first-order chi connectivity index (χ1) is 7.52. The zero-order valence-electron chi connectivity index (χ0n) is 9.36. The molecule has 1 saturated carbocycles. The highest BCUT2D eigenvalue weighted by Gasteiger charge is 2.30. The number of rotatable bonds is 4. The molecule has 0 radical (unpaired) electrons. The van der Waals surface area contributed by atoms with E-state index in [9.17, 15) is 8.42 Å². The van der Waals surface area contributed by atoms with Gasteiger partial charge in [0.05, 0.1) is 12.5 Å². The van der Waals surface area contributed by atoms with E-state index in [1.807, 2.05) is 0 Å². The van der Waals surface area contributed by atoms with Crippen LogP contribution in [0.15, 0.2) is 17.6 Å². The van der Waals surface area contributed by atoms with E-state index in [2.05, 4.69) is 21.6 Å². The van der Waals surface area contributed by atoms with Gasteiger partial charge >= 0.3 is 0 Å². The van der Waals surface area contributed by atoms with Crippen LogP contribution in [0.5, 0.6) is 0 Å². The summed E-state index contributed by atoms with van der Waals surface area (Å²) < 4.78 is 26.3. The van der Waals surface area contributed by atoms with Crippen molar-refractivity contribution in [2.45, 2.75) is 37.6 Å². The molecule has 16 heavy (non-hydrogen) atoms. The first kappa shape index (κ1) is 11.6. The Bertz CT molecular complexity index is 433. The Morgan fingerprint density at radius 1 is 1.50 bits per heavy atom. The molecule has 0 saturated heterocycles. The van der Waals surface area contributed by atoms with Crippen LogP contribution in [0.4, 0.5) is 0 Å². The molecule has 2 rings (SSSR count). The molecule has 1 fully saturated rings. The number of aromatic nitrogens is 2. The Labute approximate surface area is 95.7 Å². The number of hydrogen-bond acceptors (Lipinski definition) is 3. The number of hydrogen-bond donors (Lipinski definition) is 2. The van der Waals surface area contributed by atoms with Crippen LogP contribution in [0.2, 0.25) is 0 Å². The average molecular weight is 243 g/mol. The molecule has 5 nitrogen and oxygen atoms in total. The van der Waals surface area contributed by atoms with Crippen molar-refractivity contribution in [1.29, 1.82) is 0 Å². The largest absolute Gasteiger partial charge is 0.335 e. The topological polar surface area (TPSA) is 74.8 Å². The standard InChI is InChI=1S/C10H17N3O2S/c1-10(4-2-3-5-10)7-13-16(14,15)9-6-11-8-12-9/h6,8,13H,2-5,7H2,1H3,(H,11,12). The highest BCUT2D eigenvalue weighted by Crippen LogP contribution is 2.36. The second-order valence-electron chi connectivity index (χ2n) is 4.76. The molecule has 0 aromatic carbocycles. The van der Waals surface area contributed by atoms with Gasteiger partial charge in [-0.25, -0.2) is 18.1 Å². The fourth-order valence-electron chi connectivity index (χ4n) is 2.14. The number of imidazole rings is 1. The number of H-pyrrole nitrogens is 1. The molecule has 0 unspecified atom stereocenters. The van der Waals surface area contributed by atoms with Crippen LogP contribution < -0.4 is 4.72 Å². The van der Waals surface area contributed by atoms with Crippen molar-refractivity contribution in [3.05, 3.63) is 12.5 Å². The Hall–Kier alpha value is -0.880. The average Bonchev–Trinajstić information content (AvgIpc) is 2.86. The molecule has 0 atom stereocenters. The maximum Gasteiger partial charge on any atom is 0.257 e. The van der Waals surface area contributed by atoms with E-state index in [0.29, 0.717) is 6.54 Å². The lowest BCUT2D eigenvalue weighted by molar-refractivity contribution is 0.336. The van der Waals surface area contributed by atoms with Gasteiger partial charge in [0.1, 0.15) is 0 Å². The molecular formula is C10H17N3O2S. The van der Waals surface area contributed by atoms with Gasteiger partial charge in [-0.3, -0.25) is 0 Å². The van der Waals surface area contributed by atoms with Crippen molar-refractivity contribution in [3.63, 3.8) is 0 Å². The number of nitrogens with zero attached hydrogens (tertiary/aromatic N) is 1. The summed E-state index contributed by atoms with van der Waals surface area (Å²) in [4.78, 5) is 6.31. The number of aromatic amines is 1. The Kier molecular flexibility index (Phi) is 3.03. The van der Waals surface area contributed by atoms with Gasteiger partial charge in [-0.15, -0.1) is 0 Å². The summed E-state index contributed by atoms with van der Waals surface area (Å²) >= 11 is 0. The second kappa shape index (κ2) is 4.18. The Morgan fingerprint density at radius 3 is 2.75 bits per heavy atom. The molecule has 1 aromatic heterocycles. The van der Waals surface area contributed by atoms with Crippen molar-refractivity contribution in [1.82, 2.24) is 14.7 Å². The minimum Gasteiger partial charge on any atom is -0.335 e. The quantitative estimate of drug-likeness (QED) is 0.836. The number of sulfonamides is 1. The first-order valence-electron chi connectivity index (χ1n) is 5.50. The summed E-state index contributed by atoms with van der Waals surface area (Å²) in [5.41, 5.74) is 0.118. The summed E-state index contributed by atoms with van der Waals surface area (Å²) in [7, 11) is -3.41. The minimum atomic E-state index is -3.41. The third kappa shape index (κ3) is 2.44. The summed E-state index contributed by atoms with van der Waals surface area (Å²) in [6, 6.07) is 0. The van der Waals surface area contributed by atoms with Crippen LogP contribution in [-0.2, 0) is 10.0 Å². The molecule has 1 aliphatic rings. The van der Waals surface area contributed by atoms with E-state index in [1.54, 1.807) is 0 Å². The van der Waals surface area contributed by atoms with Gasteiger partial charge in [0.15, 0.2) is 5.03 Å². The molecule has 0 amide bonds. The molecule has 0 bridgehead atoms. The van der Waals surface area contributed by atoms with Gasteiger partial charge in [-0.05, 0) is 18.3 Å². The van der Waals surface area contributed by atoms with Gasteiger partial charge in [0.25, 0.3) is 10.0 Å². The zero-order chi connectivity index (χ0) is 11.6. The Balaban J connectivity index is 2.00. The van der Waals surface area contributed by atoms with Crippen molar-refractivity contribution in [2.75, 3.05) is 6.54 Å². The van der Waals surface area contributed by atoms with E-state index in [0.717, 1.165) is 12.8 Å². The zero-order valence-corrected chi connectivity index (χ0v) is 10.2. The summed E-state index contributed by atoms with van der Waals surface area (Å²) in [5.74, 6) is 0. The predicted octanol–water partition coefficient (Wildman–Crippen LogP) is 1.27. The Morgan fingerprint density at radius 2 is 2.19 bits per heavy atom. The van der Waals surface area contributed by atoms with Crippen LogP contribution in [0.25, 0.3) is 0 Å². The van der Waals surface area contributed by atoms with Gasteiger partial charge in [-0.1, -0.05) is 19.8 Å². The monoisotopic (exact) mass is 243 g/mol. The summed E-state index contributed by atoms with van der Waals surface area (Å²) in [5, 5.41) is 0.133. The smallest absolute Gasteiger partial charge is 0.257 e. The van der Waals surface area contributed by atoms with Crippen LogP contribution >= 0.6 is 0 Å². The molecule has 1 heterocycles. The highest BCUT2D eigenvalue weighted by atomic mass is 32.2. The van der Waals surface area contributed by atoms with E-state index in [1.165, 1.54) is 25.4 Å². The maximum absolute atomic E-state index is 11.8. The van der Waals surface area contributed by atoms with E-state index in [-0.39, 0.29) is 10.4 Å². The molecule has 2 N–H and O–H groups in total. The van der Waals surface area contributed by atoms with Gasteiger partial charge in [-0.2, -0.15) is 0 Å². The first-order valence-corrected chi connectivity index (χ1v) is 6.98. The SMILES string of the molecule is CC1(CNS(=O)(=O)c2cnc[nH]2)CCCC1. The molecule has 1 aromatic rings. The van der Waals surface area contributed by atoms with Crippen molar-refractivity contribution < 1.29 is 8.42 Å². The van der Waals surface area contributed by atoms with Crippen LogP contribution in [-0.4, -0.2) is 24.9 Å². The minimum absolute atomic E-state index is 0.118. The molecule has 1 aliphatic carbocycles. The number of nitrogens with one attached hydrogen (secondary N) is 2. The molecule has 0 spiro atoms. The van der Waals surface area contributed by atoms with Gasteiger partial charge < -0.3 is 4.98 Å². The lowest BCUT2D eigenvalue weighted by atomic mass is 9.89.